The molecule has 0 saturated carbocycles. The van der Waals surface area contributed by atoms with E-state index in [1.54, 1.807) is 37.3 Å². The summed E-state index contributed by atoms with van der Waals surface area (Å²) in [6, 6.07) is 25.4. The molecule has 1 spiro atoms. The average molecular weight is 621 g/mol. The minimum absolute atomic E-state index is 0.0133. The summed E-state index contributed by atoms with van der Waals surface area (Å²) in [6.45, 7) is 2.38. The highest BCUT2D eigenvalue weighted by atomic mass is 35.5. The van der Waals surface area contributed by atoms with Crippen molar-refractivity contribution >= 4 is 40.1 Å². The van der Waals surface area contributed by atoms with Gasteiger partial charge in [-0.3, -0.25) is 14.4 Å². The third-order valence-corrected chi connectivity index (χ3v) is 9.09. The van der Waals surface area contributed by atoms with Crippen LogP contribution in [0.3, 0.4) is 0 Å². The van der Waals surface area contributed by atoms with Gasteiger partial charge in [-0.2, -0.15) is 0 Å². The third-order valence-electron chi connectivity index (χ3n) is 8.86. The summed E-state index contributed by atoms with van der Waals surface area (Å²) >= 11 is 6.30. The molecule has 45 heavy (non-hydrogen) atoms. The molecule has 9 heteroatoms. The van der Waals surface area contributed by atoms with Gasteiger partial charge in [0.1, 0.15) is 5.58 Å². The van der Waals surface area contributed by atoms with Gasteiger partial charge in [-0.1, -0.05) is 60.1 Å². The summed E-state index contributed by atoms with van der Waals surface area (Å²) < 4.78 is 17.1. The van der Waals surface area contributed by atoms with Crippen molar-refractivity contribution in [3.05, 3.63) is 134 Å². The van der Waals surface area contributed by atoms with Crippen molar-refractivity contribution in [3.8, 4) is 11.5 Å². The highest BCUT2D eigenvalue weighted by molar-refractivity contribution is 6.31. The fourth-order valence-electron chi connectivity index (χ4n) is 6.65. The van der Waals surface area contributed by atoms with Crippen molar-refractivity contribution in [2.75, 3.05) is 25.7 Å². The zero-order valence-electron chi connectivity index (χ0n) is 24.9. The first-order chi connectivity index (χ1) is 21.8. The van der Waals surface area contributed by atoms with E-state index in [4.69, 9.17) is 25.5 Å². The molecule has 4 aromatic carbocycles. The van der Waals surface area contributed by atoms with Crippen LogP contribution in [0.15, 0.2) is 94.1 Å². The highest BCUT2D eigenvalue weighted by Crippen LogP contribution is 2.53. The van der Waals surface area contributed by atoms with Crippen molar-refractivity contribution in [1.82, 2.24) is 4.90 Å². The van der Waals surface area contributed by atoms with Crippen molar-refractivity contribution in [2.24, 2.45) is 0 Å². The number of carbonyl (C=O) groups is 2. The summed E-state index contributed by atoms with van der Waals surface area (Å²) in [4.78, 5) is 47.1. The first kappa shape index (κ1) is 28.7. The Balaban J connectivity index is 1.43. The number of hydrogen-bond acceptors (Lipinski definition) is 6. The zero-order chi connectivity index (χ0) is 31.5. The molecule has 7 rings (SSSR count). The minimum atomic E-state index is -1.74. The van der Waals surface area contributed by atoms with Crippen LogP contribution >= 0.6 is 11.6 Å². The lowest BCUT2D eigenvalue weighted by atomic mass is 9.83. The van der Waals surface area contributed by atoms with Crippen LogP contribution < -0.4 is 19.8 Å². The fourth-order valence-corrected chi connectivity index (χ4v) is 6.83. The molecule has 0 fully saturated rings. The Morgan fingerprint density at radius 3 is 2.40 bits per heavy atom. The van der Waals surface area contributed by atoms with Crippen LogP contribution in [0, 0.1) is 6.92 Å². The number of ether oxygens (including phenoxy) is 2. The monoisotopic (exact) mass is 620 g/mol. The molecule has 0 radical (unpaired) electrons. The molecule has 2 amide bonds. The maximum atomic E-state index is 15.1. The topological polar surface area (TPSA) is 89.3 Å². The van der Waals surface area contributed by atoms with Crippen molar-refractivity contribution in [3.63, 3.8) is 0 Å². The Labute approximate surface area is 264 Å². The van der Waals surface area contributed by atoms with E-state index in [-0.39, 0.29) is 41.3 Å². The number of carbonyl (C=O) groups excluding carboxylic acids is 2. The van der Waals surface area contributed by atoms with E-state index in [1.807, 2.05) is 67.6 Å². The number of methoxy groups -OCH3 is 2. The van der Waals surface area contributed by atoms with Crippen LogP contribution in [-0.2, 0) is 23.3 Å². The second kappa shape index (κ2) is 10.8. The predicted molar refractivity (Wildman–Crippen MR) is 171 cm³/mol. The number of para-hydroxylation sites is 1. The van der Waals surface area contributed by atoms with Gasteiger partial charge in [-0.25, -0.2) is 0 Å². The molecule has 1 aromatic heterocycles. The molecule has 3 heterocycles. The van der Waals surface area contributed by atoms with Gasteiger partial charge in [-0.05, 0) is 66.4 Å². The Kier molecular flexibility index (Phi) is 6.89. The number of fused-ring (bicyclic) bond motifs is 5. The SMILES string of the molecule is COc1ccc(CCN2C(=O)c3oc4ccc(Cl)cc4c(=O)c3C23C(=O)N(Cc2ccccc2C)c2ccccc23)cc1OC. The van der Waals surface area contributed by atoms with Gasteiger partial charge in [-0.15, -0.1) is 0 Å². The summed E-state index contributed by atoms with van der Waals surface area (Å²) in [5, 5.41) is 0.551. The summed E-state index contributed by atoms with van der Waals surface area (Å²) in [7, 11) is 3.12. The number of amides is 2. The number of benzene rings is 4. The van der Waals surface area contributed by atoms with Crippen LogP contribution in [0.2, 0.25) is 5.02 Å². The van der Waals surface area contributed by atoms with Crippen LogP contribution in [-0.4, -0.2) is 37.5 Å². The van der Waals surface area contributed by atoms with Crippen LogP contribution in [0.1, 0.15) is 38.4 Å². The molecular weight excluding hydrogens is 592 g/mol. The van der Waals surface area contributed by atoms with Crippen LogP contribution in [0.5, 0.6) is 11.5 Å². The molecule has 0 saturated heterocycles. The van der Waals surface area contributed by atoms with Gasteiger partial charge in [0.15, 0.2) is 22.5 Å². The number of aryl methyl sites for hydroxylation is 1. The first-order valence-electron chi connectivity index (χ1n) is 14.5. The van der Waals surface area contributed by atoms with Gasteiger partial charge < -0.3 is 23.7 Å². The number of hydrogen-bond donors (Lipinski definition) is 0. The van der Waals surface area contributed by atoms with Crippen molar-refractivity contribution in [1.29, 1.82) is 0 Å². The highest BCUT2D eigenvalue weighted by Gasteiger charge is 2.64. The molecule has 0 bridgehead atoms. The van der Waals surface area contributed by atoms with E-state index in [2.05, 4.69) is 0 Å². The second-order valence-electron chi connectivity index (χ2n) is 11.2. The largest absolute Gasteiger partial charge is 0.493 e. The fraction of sp³-hybridized carbons (Fsp3) is 0.194. The molecule has 2 aliphatic heterocycles. The van der Waals surface area contributed by atoms with Gasteiger partial charge in [0, 0.05) is 17.1 Å². The Bertz CT molecular complexity index is 2090. The average Bonchev–Trinajstić information content (AvgIpc) is 3.44. The zero-order valence-corrected chi connectivity index (χ0v) is 25.7. The lowest BCUT2D eigenvalue weighted by molar-refractivity contribution is -0.126. The molecule has 0 aliphatic carbocycles. The van der Waals surface area contributed by atoms with Gasteiger partial charge >= 0.3 is 0 Å². The minimum Gasteiger partial charge on any atom is -0.493 e. The predicted octanol–water partition coefficient (Wildman–Crippen LogP) is 6.26. The van der Waals surface area contributed by atoms with E-state index in [9.17, 15) is 9.59 Å². The Hall–Kier alpha value is -5.08. The summed E-state index contributed by atoms with van der Waals surface area (Å²) in [6.07, 6.45) is 0.370. The van der Waals surface area contributed by atoms with Gasteiger partial charge in [0.25, 0.3) is 11.8 Å². The van der Waals surface area contributed by atoms with Gasteiger partial charge in [0.05, 0.1) is 37.4 Å². The van der Waals surface area contributed by atoms with Crippen LogP contribution in [0.4, 0.5) is 5.69 Å². The van der Waals surface area contributed by atoms with E-state index in [0.717, 1.165) is 16.7 Å². The van der Waals surface area contributed by atoms with E-state index < -0.39 is 16.9 Å². The molecule has 1 atom stereocenters. The molecule has 2 aliphatic rings. The standard InChI is InChI=1S/C36H29ClN2O6/c1-21-8-4-5-9-23(21)20-38-27-11-7-6-10-26(27)36(35(38)42)31-32(40)25-19-24(37)13-15-28(25)45-33(31)34(41)39(36)17-16-22-12-14-29(43-2)30(18-22)44-3/h4-15,18-19H,16-17,20H2,1-3H3. The summed E-state index contributed by atoms with van der Waals surface area (Å²) in [5.74, 6) is 0.0741. The molecule has 0 N–H and O–H groups in total. The number of anilines is 1. The molecule has 226 valence electrons. The number of nitrogens with zero attached hydrogens (tertiary/aromatic N) is 2. The molecular formula is C36H29ClN2O6. The molecule has 1 unspecified atom stereocenters. The molecule has 5 aromatic rings. The van der Waals surface area contributed by atoms with Crippen LogP contribution in [0.25, 0.3) is 11.0 Å². The van der Waals surface area contributed by atoms with E-state index in [1.165, 1.54) is 11.0 Å². The van der Waals surface area contributed by atoms with E-state index >= 15 is 4.79 Å². The summed E-state index contributed by atoms with van der Waals surface area (Å²) in [5.41, 5.74) is 2.07. The first-order valence-corrected chi connectivity index (χ1v) is 14.9. The maximum absolute atomic E-state index is 15.1. The number of halogens is 1. The lowest BCUT2D eigenvalue weighted by Gasteiger charge is -2.34. The third kappa shape index (κ3) is 4.24. The lowest BCUT2D eigenvalue weighted by Crippen LogP contribution is -2.53. The quantitative estimate of drug-likeness (QED) is 0.213. The molecule has 8 nitrogen and oxygen atoms in total. The maximum Gasteiger partial charge on any atom is 0.291 e. The number of rotatable bonds is 7. The normalized spacial score (nSPS) is 16.9. The smallest absolute Gasteiger partial charge is 0.291 e. The second-order valence-corrected chi connectivity index (χ2v) is 11.7. The van der Waals surface area contributed by atoms with Crippen molar-refractivity contribution < 1.29 is 23.5 Å². The Morgan fingerprint density at radius 1 is 0.867 bits per heavy atom. The van der Waals surface area contributed by atoms with Gasteiger partial charge in [0.2, 0.25) is 5.76 Å². The van der Waals surface area contributed by atoms with Crippen molar-refractivity contribution in [2.45, 2.75) is 25.4 Å². The Morgan fingerprint density at radius 2 is 1.62 bits per heavy atom. The van der Waals surface area contributed by atoms with E-state index in [0.29, 0.717) is 34.2 Å².